The third kappa shape index (κ3) is 3.75. The summed E-state index contributed by atoms with van der Waals surface area (Å²) in [6.07, 6.45) is 0. The van der Waals surface area contributed by atoms with Gasteiger partial charge in [-0.25, -0.2) is 0 Å². The molecule has 2 aromatic rings. The lowest BCUT2D eigenvalue weighted by Gasteiger charge is -2.12. The second-order valence-corrected chi connectivity index (χ2v) is 4.25. The molecule has 0 aromatic heterocycles. The minimum atomic E-state index is -1.52. The first-order valence-corrected chi connectivity index (χ1v) is 6.00. The fourth-order valence-electron chi connectivity index (χ4n) is 1.70. The summed E-state index contributed by atoms with van der Waals surface area (Å²) in [7, 11) is -3.05. The number of hydrazine groups is 1. The van der Waals surface area contributed by atoms with Crippen LogP contribution in [-0.4, -0.2) is 34.3 Å². The van der Waals surface area contributed by atoms with Crippen molar-refractivity contribution >= 4 is 36.5 Å². The Kier molecular flexibility index (Phi) is 4.65. The van der Waals surface area contributed by atoms with Gasteiger partial charge >= 0.3 is 14.2 Å². The van der Waals surface area contributed by atoms with E-state index in [1.165, 1.54) is 0 Å². The Morgan fingerprint density at radius 3 is 1.40 bits per heavy atom. The molecule has 20 heavy (non-hydrogen) atoms. The van der Waals surface area contributed by atoms with Gasteiger partial charge in [0, 0.05) is 0 Å². The van der Waals surface area contributed by atoms with Gasteiger partial charge in [0.15, 0.2) is 0 Å². The van der Waals surface area contributed by atoms with E-state index in [9.17, 15) is 0 Å². The molecule has 0 aliphatic heterocycles. The maximum absolute atomic E-state index is 9.08. The van der Waals surface area contributed by atoms with Crippen molar-refractivity contribution in [1.82, 2.24) is 0 Å². The number of anilines is 2. The largest absolute Gasteiger partial charge is 0.488 e. The van der Waals surface area contributed by atoms with Crippen LogP contribution in [0.25, 0.3) is 0 Å². The highest BCUT2D eigenvalue weighted by Gasteiger charge is 2.11. The molecule has 0 aliphatic rings. The average molecular weight is 272 g/mol. The fourth-order valence-corrected chi connectivity index (χ4v) is 1.70. The summed E-state index contributed by atoms with van der Waals surface area (Å²) in [4.78, 5) is 0. The van der Waals surface area contributed by atoms with Gasteiger partial charge < -0.3 is 30.9 Å². The van der Waals surface area contributed by atoms with Gasteiger partial charge in [0.05, 0.1) is 11.4 Å². The van der Waals surface area contributed by atoms with Crippen LogP contribution in [0, 0.1) is 0 Å². The summed E-state index contributed by atoms with van der Waals surface area (Å²) < 4.78 is 0. The Morgan fingerprint density at radius 2 is 1.05 bits per heavy atom. The van der Waals surface area contributed by atoms with Gasteiger partial charge in [-0.05, 0) is 35.2 Å². The third-order valence-corrected chi connectivity index (χ3v) is 2.72. The van der Waals surface area contributed by atoms with Gasteiger partial charge in [-0.3, -0.25) is 0 Å². The van der Waals surface area contributed by atoms with E-state index in [4.69, 9.17) is 20.1 Å². The molecule has 0 fully saturated rings. The second-order valence-electron chi connectivity index (χ2n) is 4.25. The molecule has 2 aromatic carbocycles. The quantitative estimate of drug-likeness (QED) is 0.292. The first-order valence-electron chi connectivity index (χ1n) is 6.00. The van der Waals surface area contributed by atoms with E-state index in [0.29, 0.717) is 22.3 Å². The Balaban J connectivity index is 2.05. The maximum Gasteiger partial charge on any atom is 0.488 e. The lowest BCUT2D eigenvalue weighted by atomic mass is 9.80. The molecule has 0 aliphatic carbocycles. The van der Waals surface area contributed by atoms with E-state index in [1.807, 2.05) is 0 Å². The fraction of sp³-hybridized carbons (Fsp3) is 0. The summed E-state index contributed by atoms with van der Waals surface area (Å²) in [6, 6.07) is 13.2. The molecule has 0 saturated heterocycles. The van der Waals surface area contributed by atoms with E-state index in [2.05, 4.69) is 10.9 Å². The highest BCUT2D eigenvalue weighted by atomic mass is 16.4. The van der Waals surface area contributed by atoms with Crippen LogP contribution in [0.2, 0.25) is 0 Å². The smallest absolute Gasteiger partial charge is 0.423 e. The Labute approximate surface area is 117 Å². The van der Waals surface area contributed by atoms with Crippen LogP contribution < -0.4 is 21.8 Å². The van der Waals surface area contributed by atoms with Crippen molar-refractivity contribution in [3.63, 3.8) is 0 Å². The topological polar surface area (TPSA) is 105 Å². The number of hydrogen-bond acceptors (Lipinski definition) is 6. The summed E-state index contributed by atoms with van der Waals surface area (Å²) >= 11 is 0. The van der Waals surface area contributed by atoms with Crippen molar-refractivity contribution in [1.29, 1.82) is 0 Å². The van der Waals surface area contributed by atoms with Crippen molar-refractivity contribution in [2.24, 2.45) is 0 Å². The summed E-state index contributed by atoms with van der Waals surface area (Å²) in [5.41, 5.74) is 7.80. The molecule has 102 valence electrons. The molecular weight excluding hydrogens is 258 g/mol. The molecule has 6 N–H and O–H groups in total. The van der Waals surface area contributed by atoms with Crippen molar-refractivity contribution in [3.05, 3.63) is 48.5 Å². The Morgan fingerprint density at radius 1 is 0.650 bits per heavy atom. The molecule has 0 amide bonds. The van der Waals surface area contributed by atoms with Crippen LogP contribution in [0.15, 0.2) is 48.5 Å². The van der Waals surface area contributed by atoms with Crippen molar-refractivity contribution < 1.29 is 20.1 Å². The lowest BCUT2D eigenvalue weighted by Crippen LogP contribution is -2.30. The average Bonchev–Trinajstić information content (AvgIpc) is 2.45. The third-order valence-electron chi connectivity index (χ3n) is 2.72. The predicted molar refractivity (Wildman–Crippen MR) is 79.8 cm³/mol. The van der Waals surface area contributed by atoms with Gasteiger partial charge in [0.1, 0.15) is 0 Å². The minimum absolute atomic E-state index is 0.372. The van der Waals surface area contributed by atoms with Gasteiger partial charge in [-0.2, -0.15) is 0 Å². The molecule has 0 spiro atoms. The number of hydrogen-bond donors (Lipinski definition) is 6. The molecule has 0 radical (unpaired) electrons. The van der Waals surface area contributed by atoms with Gasteiger partial charge in [0.25, 0.3) is 0 Å². The van der Waals surface area contributed by atoms with Crippen LogP contribution >= 0.6 is 0 Å². The zero-order valence-electron chi connectivity index (χ0n) is 10.6. The van der Waals surface area contributed by atoms with Crippen LogP contribution in [0.3, 0.4) is 0 Å². The number of rotatable bonds is 5. The van der Waals surface area contributed by atoms with E-state index >= 15 is 0 Å². The zero-order valence-corrected chi connectivity index (χ0v) is 10.6. The maximum atomic E-state index is 9.08. The van der Waals surface area contributed by atoms with Crippen molar-refractivity contribution in [2.75, 3.05) is 10.9 Å². The molecular formula is C12H14B2N2O4. The van der Waals surface area contributed by atoms with E-state index in [1.54, 1.807) is 48.5 Å². The van der Waals surface area contributed by atoms with E-state index in [-0.39, 0.29) is 0 Å². The standard InChI is InChI=1S/C12H14B2N2O4/c17-13(18)9-3-1-5-11(7-9)15-16-12-6-2-4-10(8-12)14(19)20/h1-8,15-20H. The second kappa shape index (κ2) is 6.44. The monoisotopic (exact) mass is 272 g/mol. The minimum Gasteiger partial charge on any atom is -0.423 e. The van der Waals surface area contributed by atoms with Crippen LogP contribution in [0.1, 0.15) is 0 Å². The summed E-state index contributed by atoms with van der Waals surface area (Å²) in [5.74, 6) is 0. The first kappa shape index (κ1) is 14.4. The first-order chi connectivity index (χ1) is 9.56. The summed E-state index contributed by atoms with van der Waals surface area (Å²) in [5, 5.41) is 36.3. The normalized spacial score (nSPS) is 10.0. The van der Waals surface area contributed by atoms with Crippen LogP contribution in [0.5, 0.6) is 0 Å². The SMILES string of the molecule is OB(O)c1cccc(NNc2cccc(B(O)O)c2)c1. The molecule has 2 rings (SSSR count). The Bertz CT molecular complexity index is 529. The number of benzene rings is 2. The van der Waals surface area contributed by atoms with E-state index in [0.717, 1.165) is 0 Å². The molecule has 0 saturated carbocycles. The lowest BCUT2D eigenvalue weighted by molar-refractivity contribution is 0.424. The van der Waals surface area contributed by atoms with Crippen molar-refractivity contribution in [3.8, 4) is 0 Å². The Hall–Kier alpha value is -1.99. The predicted octanol–water partition coefficient (Wildman–Crippen LogP) is -1.51. The van der Waals surface area contributed by atoms with Gasteiger partial charge in [0.2, 0.25) is 0 Å². The van der Waals surface area contributed by atoms with Crippen molar-refractivity contribution in [2.45, 2.75) is 0 Å². The molecule has 8 heteroatoms. The molecule has 6 nitrogen and oxygen atoms in total. The highest BCUT2D eigenvalue weighted by molar-refractivity contribution is 6.59. The van der Waals surface area contributed by atoms with E-state index < -0.39 is 14.2 Å². The van der Waals surface area contributed by atoms with Crippen LogP contribution in [-0.2, 0) is 0 Å². The zero-order chi connectivity index (χ0) is 14.5. The molecule has 0 heterocycles. The van der Waals surface area contributed by atoms with Crippen LogP contribution in [0.4, 0.5) is 11.4 Å². The molecule has 0 atom stereocenters. The summed E-state index contributed by atoms with van der Waals surface area (Å²) in [6.45, 7) is 0. The molecule has 0 bridgehead atoms. The number of nitrogens with one attached hydrogen (secondary N) is 2. The van der Waals surface area contributed by atoms with Gasteiger partial charge in [-0.1, -0.05) is 24.3 Å². The van der Waals surface area contributed by atoms with Gasteiger partial charge in [-0.15, -0.1) is 0 Å². The molecule has 0 unspecified atom stereocenters. The highest BCUT2D eigenvalue weighted by Crippen LogP contribution is 2.08.